The van der Waals surface area contributed by atoms with Crippen LogP contribution in [0.1, 0.15) is 39.2 Å². The smallest absolute Gasteiger partial charge is 0.211 e. The number of nitrogens with zero attached hydrogens (tertiary/aromatic N) is 2. The van der Waals surface area contributed by atoms with Crippen LogP contribution >= 0.6 is 0 Å². The first kappa shape index (κ1) is 23.0. The van der Waals surface area contributed by atoms with Gasteiger partial charge in [-0.25, -0.2) is 12.8 Å². The van der Waals surface area contributed by atoms with E-state index in [2.05, 4.69) is 0 Å². The number of rotatable bonds is 8. The largest absolute Gasteiger partial charge is 0.370 e. The molecular weight excluding hydrogens is 415 g/mol. The summed E-state index contributed by atoms with van der Waals surface area (Å²) < 4.78 is 43.4. The molecule has 0 radical (unpaired) electrons. The molecule has 0 spiro atoms. The molecule has 0 amide bonds. The van der Waals surface area contributed by atoms with Gasteiger partial charge in [-0.2, -0.15) is 0 Å². The van der Waals surface area contributed by atoms with Gasteiger partial charge >= 0.3 is 0 Å². The van der Waals surface area contributed by atoms with Crippen LogP contribution in [0, 0.1) is 12.7 Å². The van der Waals surface area contributed by atoms with Gasteiger partial charge in [0.05, 0.1) is 21.5 Å². The third kappa shape index (κ3) is 4.37. The van der Waals surface area contributed by atoms with Crippen LogP contribution in [-0.4, -0.2) is 26.1 Å². The number of pyridine rings is 1. The number of anilines is 1. The molecule has 0 bridgehead atoms. The van der Waals surface area contributed by atoms with Crippen LogP contribution in [0.25, 0.3) is 10.9 Å². The third-order valence-corrected chi connectivity index (χ3v) is 7.31. The Morgan fingerprint density at radius 3 is 2.39 bits per heavy atom. The van der Waals surface area contributed by atoms with Crippen molar-refractivity contribution in [1.29, 1.82) is 0 Å². The minimum Gasteiger partial charge on any atom is -0.370 e. The van der Waals surface area contributed by atoms with Gasteiger partial charge in [0.2, 0.25) is 15.3 Å². The van der Waals surface area contributed by atoms with E-state index < -0.39 is 21.1 Å². The van der Waals surface area contributed by atoms with Crippen molar-refractivity contribution in [2.24, 2.45) is 0 Å². The van der Waals surface area contributed by atoms with E-state index in [1.165, 1.54) is 18.3 Å². The van der Waals surface area contributed by atoms with Gasteiger partial charge < -0.3 is 9.47 Å². The molecule has 3 aromatic rings. The molecule has 0 aliphatic heterocycles. The highest BCUT2D eigenvalue weighted by Gasteiger charge is 2.25. The summed E-state index contributed by atoms with van der Waals surface area (Å²) in [6, 6.07) is 9.31. The van der Waals surface area contributed by atoms with E-state index in [0.29, 0.717) is 30.8 Å². The Bertz CT molecular complexity index is 1260. The topological polar surface area (TPSA) is 59.4 Å². The molecule has 0 saturated carbocycles. The minimum atomic E-state index is -4.05. The van der Waals surface area contributed by atoms with Gasteiger partial charge in [-0.1, -0.05) is 25.5 Å². The maximum Gasteiger partial charge on any atom is 0.211 e. The molecular formula is C24H29FN2O3S. The van der Waals surface area contributed by atoms with E-state index in [4.69, 9.17) is 0 Å². The molecule has 0 fully saturated rings. The van der Waals surface area contributed by atoms with E-state index in [1.54, 1.807) is 35.8 Å². The van der Waals surface area contributed by atoms with Gasteiger partial charge in [0.25, 0.3) is 0 Å². The molecule has 0 saturated heterocycles. The first-order valence-corrected chi connectivity index (χ1v) is 12.2. The monoisotopic (exact) mass is 444 g/mol. The molecule has 3 rings (SSSR count). The highest BCUT2D eigenvalue weighted by molar-refractivity contribution is 7.91. The van der Waals surface area contributed by atoms with Crippen molar-refractivity contribution in [1.82, 2.24) is 4.57 Å². The first-order valence-electron chi connectivity index (χ1n) is 10.7. The third-order valence-electron chi connectivity index (χ3n) is 5.56. The summed E-state index contributed by atoms with van der Waals surface area (Å²) >= 11 is 0. The summed E-state index contributed by atoms with van der Waals surface area (Å²) in [5.41, 5.74) is 1.07. The second-order valence-corrected chi connectivity index (χ2v) is 9.60. The highest BCUT2D eigenvalue weighted by Crippen LogP contribution is 2.27. The number of benzene rings is 2. The van der Waals surface area contributed by atoms with Gasteiger partial charge in [-0.15, -0.1) is 0 Å². The Kier molecular flexibility index (Phi) is 6.84. The Hall–Kier alpha value is -2.67. The van der Waals surface area contributed by atoms with Crippen molar-refractivity contribution in [3.8, 4) is 0 Å². The fourth-order valence-corrected chi connectivity index (χ4v) is 5.27. The van der Waals surface area contributed by atoms with E-state index in [0.717, 1.165) is 18.4 Å². The quantitative estimate of drug-likeness (QED) is 0.494. The Morgan fingerprint density at radius 1 is 1.06 bits per heavy atom. The van der Waals surface area contributed by atoms with E-state index in [9.17, 15) is 17.6 Å². The van der Waals surface area contributed by atoms with Crippen LogP contribution in [0.3, 0.4) is 0 Å². The lowest BCUT2D eigenvalue weighted by molar-refractivity contribution is 0.590. The van der Waals surface area contributed by atoms with Gasteiger partial charge in [0.15, 0.2) is 0 Å². The molecule has 5 nitrogen and oxygen atoms in total. The fourth-order valence-electron chi connectivity index (χ4n) is 3.79. The van der Waals surface area contributed by atoms with Gasteiger partial charge in [0.1, 0.15) is 10.7 Å². The lowest BCUT2D eigenvalue weighted by Gasteiger charge is -2.23. The number of unbranched alkanes of at least 4 members (excludes halogenated alkanes) is 1. The molecule has 31 heavy (non-hydrogen) atoms. The fraction of sp³-hybridized carbons (Fsp3) is 0.375. The number of hydrogen-bond acceptors (Lipinski definition) is 4. The van der Waals surface area contributed by atoms with Crippen LogP contribution < -0.4 is 10.3 Å². The second kappa shape index (κ2) is 9.22. The lowest BCUT2D eigenvalue weighted by Crippen LogP contribution is -2.24. The molecule has 0 aliphatic carbocycles. The second-order valence-electron chi connectivity index (χ2n) is 7.68. The molecule has 7 heteroatoms. The van der Waals surface area contributed by atoms with Crippen molar-refractivity contribution >= 4 is 26.4 Å². The van der Waals surface area contributed by atoms with Gasteiger partial charge in [-0.3, -0.25) is 4.79 Å². The lowest BCUT2D eigenvalue weighted by atomic mass is 10.1. The molecule has 1 heterocycles. The Morgan fingerprint density at radius 2 is 1.77 bits per heavy atom. The first-order chi connectivity index (χ1) is 14.7. The zero-order valence-electron chi connectivity index (χ0n) is 18.5. The van der Waals surface area contributed by atoms with Crippen LogP contribution in [0.5, 0.6) is 0 Å². The van der Waals surface area contributed by atoms with Crippen LogP contribution in [-0.2, 0) is 16.4 Å². The van der Waals surface area contributed by atoms with E-state index in [1.807, 2.05) is 25.7 Å². The van der Waals surface area contributed by atoms with Gasteiger partial charge in [-0.05, 0) is 57.0 Å². The standard InChI is InChI=1S/C24H29FN2O3S/c1-5-8-12-27-16-23(31(29,30)18-11-9-10-17(4)13-18)24(28)19-14-20(25)22(15-21(19)27)26(6-2)7-3/h9-11,13-16H,5-8,12H2,1-4H3. The molecule has 166 valence electrons. The summed E-state index contributed by atoms with van der Waals surface area (Å²) in [4.78, 5) is 14.9. The van der Waals surface area contributed by atoms with E-state index >= 15 is 0 Å². The number of aromatic nitrogens is 1. The predicted molar refractivity (Wildman–Crippen MR) is 123 cm³/mol. The Labute approximate surface area is 183 Å². The van der Waals surface area contributed by atoms with Crippen molar-refractivity contribution in [3.63, 3.8) is 0 Å². The van der Waals surface area contributed by atoms with E-state index in [-0.39, 0.29) is 15.2 Å². The predicted octanol–water partition coefficient (Wildman–Crippen LogP) is 4.93. The number of fused-ring (bicyclic) bond motifs is 1. The van der Waals surface area contributed by atoms with Crippen molar-refractivity contribution in [2.45, 2.75) is 56.9 Å². The maximum absolute atomic E-state index is 15.0. The zero-order valence-corrected chi connectivity index (χ0v) is 19.3. The summed E-state index contributed by atoms with van der Waals surface area (Å²) in [6.45, 7) is 9.49. The molecule has 0 atom stereocenters. The summed E-state index contributed by atoms with van der Waals surface area (Å²) in [5, 5.41) is 0.0817. The summed E-state index contributed by atoms with van der Waals surface area (Å²) in [6.07, 6.45) is 3.12. The number of halogens is 1. The molecule has 0 unspecified atom stereocenters. The Balaban J connectivity index is 2.33. The molecule has 0 aliphatic rings. The minimum absolute atomic E-state index is 0.0613. The number of aryl methyl sites for hydroxylation is 2. The highest BCUT2D eigenvalue weighted by atomic mass is 32.2. The van der Waals surface area contributed by atoms with Crippen LogP contribution in [0.4, 0.5) is 10.1 Å². The van der Waals surface area contributed by atoms with Crippen molar-refractivity contribution in [2.75, 3.05) is 18.0 Å². The summed E-state index contributed by atoms with van der Waals surface area (Å²) in [7, 11) is -4.05. The molecule has 0 N–H and O–H groups in total. The van der Waals surface area contributed by atoms with Crippen molar-refractivity contribution in [3.05, 3.63) is 64.2 Å². The van der Waals surface area contributed by atoms with Crippen LogP contribution in [0.15, 0.2) is 57.2 Å². The molecule has 1 aromatic heterocycles. The SMILES string of the molecule is CCCCn1cc(S(=O)(=O)c2cccc(C)c2)c(=O)c2cc(F)c(N(CC)CC)cc21. The molecule has 2 aromatic carbocycles. The maximum atomic E-state index is 15.0. The zero-order chi connectivity index (χ0) is 22.8. The van der Waals surface area contributed by atoms with Gasteiger partial charge in [0, 0.05) is 25.8 Å². The van der Waals surface area contributed by atoms with Crippen LogP contribution in [0.2, 0.25) is 0 Å². The van der Waals surface area contributed by atoms with Crippen molar-refractivity contribution < 1.29 is 12.8 Å². The average molecular weight is 445 g/mol. The average Bonchev–Trinajstić information content (AvgIpc) is 2.74. The number of hydrogen-bond donors (Lipinski definition) is 0. The number of sulfone groups is 1. The normalized spacial score (nSPS) is 11.8. The summed E-state index contributed by atoms with van der Waals surface area (Å²) in [5.74, 6) is -0.527.